The maximum absolute atomic E-state index is 13.5. The largest absolute Gasteiger partial charge is 0.490 e. The second-order valence-electron chi connectivity index (χ2n) is 11.2. The zero-order valence-corrected chi connectivity index (χ0v) is 22.7. The van der Waals surface area contributed by atoms with Gasteiger partial charge in [-0.15, -0.1) is 0 Å². The van der Waals surface area contributed by atoms with E-state index in [-0.39, 0.29) is 22.4 Å². The molecule has 184 valence electrons. The standard InChI is InChI=1S/C28H35BrO5/c1-7-9-33-26-17(29)10-16(11-20(26)32-8-2)23-24-18(30)12-27(3,4)14-21(24)34-22-15-28(5,6)13-19(31)25(22)23/h10-11,23H,7-9,12-15H2,1-6H3. The summed E-state index contributed by atoms with van der Waals surface area (Å²) in [5.74, 6) is 2.36. The molecule has 2 aliphatic carbocycles. The predicted octanol–water partition coefficient (Wildman–Crippen LogP) is 7.04. The molecule has 1 heterocycles. The summed E-state index contributed by atoms with van der Waals surface area (Å²) in [7, 11) is 0. The molecule has 1 aromatic rings. The van der Waals surface area contributed by atoms with E-state index in [2.05, 4.69) is 50.5 Å². The molecule has 0 aromatic heterocycles. The Morgan fingerprint density at radius 3 is 1.97 bits per heavy atom. The van der Waals surface area contributed by atoms with Crippen molar-refractivity contribution in [3.8, 4) is 11.5 Å². The van der Waals surface area contributed by atoms with Crippen LogP contribution in [-0.2, 0) is 14.3 Å². The highest BCUT2D eigenvalue weighted by Gasteiger charge is 2.48. The van der Waals surface area contributed by atoms with Gasteiger partial charge in [0, 0.05) is 42.7 Å². The summed E-state index contributed by atoms with van der Waals surface area (Å²) in [5, 5.41) is 0. The van der Waals surface area contributed by atoms with Crippen LogP contribution in [0.2, 0.25) is 0 Å². The van der Waals surface area contributed by atoms with Crippen LogP contribution in [0.5, 0.6) is 11.5 Å². The average molecular weight is 531 g/mol. The van der Waals surface area contributed by atoms with Crippen molar-refractivity contribution in [3.63, 3.8) is 0 Å². The second-order valence-corrected chi connectivity index (χ2v) is 12.1. The van der Waals surface area contributed by atoms with E-state index in [1.807, 2.05) is 19.1 Å². The minimum absolute atomic E-state index is 0.0563. The molecule has 0 amide bonds. The van der Waals surface area contributed by atoms with E-state index in [0.717, 1.165) is 28.0 Å². The van der Waals surface area contributed by atoms with Crippen LogP contribution in [0.4, 0.5) is 0 Å². The normalized spacial score (nSPS) is 21.7. The Morgan fingerprint density at radius 1 is 0.912 bits per heavy atom. The first kappa shape index (κ1) is 25.0. The van der Waals surface area contributed by atoms with Crippen molar-refractivity contribution >= 4 is 27.5 Å². The van der Waals surface area contributed by atoms with Gasteiger partial charge in [-0.25, -0.2) is 0 Å². The van der Waals surface area contributed by atoms with Crippen LogP contribution >= 0.6 is 15.9 Å². The lowest BCUT2D eigenvalue weighted by Crippen LogP contribution is -2.37. The lowest BCUT2D eigenvalue weighted by molar-refractivity contribution is -0.120. The molecule has 0 bridgehead atoms. The molecule has 1 aromatic carbocycles. The number of carbonyl (C=O) groups excluding carboxylic acids is 2. The van der Waals surface area contributed by atoms with Gasteiger partial charge in [0.05, 0.1) is 17.7 Å². The highest BCUT2D eigenvalue weighted by Crippen LogP contribution is 2.54. The van der Waals surface area contributed by atoms with Gasteiger partial charge < -0.3 is 14.2 Å². The van der Waals surface area contributed by atoms with E-state index in [1.165, 1.54) is 0 Å². The molecule has 4 rings (SSSR count). The number of ether oxygens (including phenoxy) is 3. The fourth-order valence-electron chi connectivity index (χ4n) is 5.37. The molecule has 0 radical (unpaired) electrons. The number of ketones is 2. The number of Topliss-reactive ketones (excluding diaryl/α,β-unsaturated/α-hetero) is 2. The fourth-order valence-corrected chi connectivity index (χ4v) is 5.94. The van der Waals surface area contributed by atoms with Gasteiger partial charge in [-0.3, -0.25) is 9.59 Å². The Labute approximate surface area is 211 Å². The molecule has 0 N–H and O–H groups in total. The zero-order chi connectivity index (χ0) is 24.8. The molecule has 34 heavy (non-hydrogen) atoms. The van der Waals surface area contributed by atoms with E-state index in [9.17, 15) is 9.59 Å². The van der Waals surface area contributed by atoms with Crippen LogP contribution in [0.3, 0.4) is 0 Å². The Kier molecular flexibility index (Phi) is 6.75. The van der Waals surface area contributed by atoms with Gasteiger partial charge in [0.25, 0.3) is 0 Å². The van der Waals surface area contributed by atoms with E-state index < -0.39 is 5.92 Å². The third-order valence-corrected chi connectivity index (χ3v) is 7.29. The van der Waals surface area contributed by atoms with E-state index in [4.69, 9.17) is 14.2 Å². The average Bonchev–Trinajstić information content (AvgIpc) is 2.70. The minimum Gasteiger partial charge on any atom is -0.490 e. The van der Waals surface area contributed by atoms with Crippen LogP contribution < -0.4 is 9.47 Å². The third-order valence-electron chi connectivity index (χ3n) is 6.70. The van der Waals surface area contributed by atoms with Gasteiger partial charge in [0.2, 0.25) is 0 Å². The maximum atomic E-state index is 13.5. The quantitative estimate of drug-likeness (QED) is 0.394. The highest BCUT2D eigenvalue weighted by molar-refractivity contribution is 9.10. The maximum Gasteiger partial charge on any atom is 0.175 e. The Balaban J connectivity index is 1.91. The van der Waals surface area contributed by atoms with Crippen molar-refractivity contribution in [2.24, 2.45) is 10.8 Å². The number of rotatable bonds is 6. The lowest BCUT2D eigenvalue weighted by atomic mass is 9.65. The smallest absolute Gasteiger partial charge is 0.175 e. The topological polar surface area (TPSA) is 61.8 Å². The summed E-state index contributed by atoms with van der Waals surface area (Å²) >= 11 is 3.67. The zero-order valence-electron chi connectivity index (χ0n) is 21.1. The molecular formula is C28H35BrO5. The van der Waals surface area contributed by atoms with Gasteiger partial charge in [0.1, 0.15) is 11.5 Å². The van der Waals surface area contributed by atoms with Crippen molar-refractivity contribution < 1.29 is 23.8 Å². The molecule has 0 unspecified atom stereocenters. The van der Waals surface area contributed by atoms with E-state index in [1.54, 1.807) is 0 Å². The first-order valence-corrected chi connectivity index (χ1v) is 13.0. The number of allylic oxidation sites excluding steroid dienone is 4. The van der Waals surface area contributed by atoms with E-state index in [0.29, 0.717) is 61.5 Å². The Morgan fingerprint density at radius 2 is 1.47 bits per heavy atom. The van der Waals surface area contributed by atoms with Crippen LogP contribution in [-0.4, -0.2) is 24.8 Å². The molecule has 3 aliphatic rings. The van der Waals surface area contributed by atoms with Gasteiger partial charge >= 0.3 is 0 Å². The van der Waals surface area contributed by atoms with Gasteiger partial charge in [-0.2, -0.15) is 0 Å². The third kappa shape index (κ3) is 4.71. The van der Waals surface area contributed by atoms with Crippen LogP contribution in [0.25, 0.3) is 0 Å². The van der Waals surface area contributed by atoms with Crippen LogP contribution in [0.15, 0.2) is 39.3 Å². The summed E-state index contributed by atoms with van der Waals surface area (Å²) in [6.07, 6.45) is 3.09. The highest BCUT2D eigenvalue weighted by atomic mass is 79.9. The predicted molar refractivity (Wildman–Crippen MR) is 135 cm³/mol. The number of hydrogen-bond donors (Lipinski definition) is 0. The van der Waals surface area contributed by atoms with Crippen molar-refractivity contribution in [1.82, 2.24) is 0 Å². The number of benzene rings is 1. The van der Waals surface area contributed by atoms with Crippen molar-refractivity contribution in [3.05, 3.63) is 44.8 Å². The molecule has 0 fully saturated rings. The van der Waals surface area contributed by atoms with Crippen LogP contribution in [0, 0.1) is 10.8 Å². The van der Waals surface area contributed by atoms with Gasteiger partial charge in [-0.05, 0) is 57.8 Å². The van der Waals surface area contributed by atoms with Crippen molar-refractivity contribution in [1.29, 1.82) is 0 Å². The Bertz CT molecular complexity index is 1040. The minimum atomic E-state index is -0.457. The van der Waals surface area contributed by atoms with Gasteiger partial charge in [0.15, 0.2) is 23.1 Å². The Hall–Kier alpha value is -2.08. The van der Waals surface area contributed by atoms with Crippen molar-refractivity contribution in [2.45, 2.75) is 79.6 Å². The SMILES string of the molecule is CCCOc1c(Br)cc(C2C3=C(CC(C)(C)CC3=O)OC3=C2C(=O)CC(C)(C)C3)cc1OCC. The number of halogens is 1. The summed E-state index contributed by atoms with van der Waals surface area (Å²) in [6.45, 7) is 13.4. The van der Waals surface area contributed by atoms with Crippen molar-refractivity contribution in [2.75, 3.05) is 13.2 Å². The molecular weight excluding hydrogens is 496 g/mol. The first-order chi connectivity index (χ1) is 16.0. The lowest BCUT2D eigenvalue weighted by Gasteiger charge is -2.42. The monoisotopic (exact) mass is 530 g/mol. The summed E-state index contributed by atoms with van der Waals surface area (Å²) < 4.78 is 19.1. The molecule has 1 aliphatic heterocycles. The molecule has 5 nitrogen and oxygen atoms in total. The van der Waals surface area contributed by atoms with Gasteiger partial charge in [-0.1, -0.05) is 34.6 Å². The molecule has 0 saturated heterocycles. The summed E-state index contributed by atoms with van der Waals surface area (Å²) in [4.78, 5) is 27.0. The van der Waals surface area contributed by atoms with Crippen LogP contribution in [0.1, 0.15) is 85.1 Å². The molecule has 0 spiro atoms. The van der Waals surface area contributed by atoms with E-state index >= 15 is 0 Å². The number of hydrogen-bond acceptors (Lipinski definition) is 5. The molecule has 0 atom stereocenters. The number of carbonyl (C=O) groups is 2. The first-order valence-electron chi connectivity index (χ1n) is 12.3. The molecule has 6 heteroatoms. The second kappa shape index (κ2) is 9.18. The summed E-state index contributed by atoms with van der Waals surface area (Å²) in [6, 6.07) is 3.91. The summed E-state index contributed by atoms with van der Waals surface area (Å²) in [5.41, 5.74) is 1.75. The molecule has 0 saturated carbocycles. The fraction of sp³-hybridized carbons (Fsp3) is 0.571.